The molecule has 0 bridgehead atoms. The minimum atomic E-state index is 0.522. The van der Waals surface area contributed by atoms with E-state index in [0.29, 0.717) is 5.92 Å². The molecule has 2 nitrogen and oxygen atoms in total. The summed E-state index contributed by atoms with van der Waals surface area (Å²) < 4.78 is 5.04. The molecule has 90 valence electrons. The monoisotopic (exact) mass is 241 g/mol. The summed E-state index contributed by atoms with van der Waals surface area (Å²) in [7, 11) is 1.73. The Bertz CT molecular complexity index is 304. The summed E-state index contributed by atoms with van der Waals surface area (Å²) in [5, 5.41) is 0.796. The van der Waals surface area contributed by atoms with Crippen molar-refractivity contribution in [3.63, 3.8) is 0 Å². The van der Waals surface area contributed by atoms with Crippen LogP contribution >= 0.6 is 11.6 Å². The molecule has 3 heteroatoms. The van der Waals surface area contributed by atoms with Crippen molar-refractivity contribution in [1.29, 1.82) is 0 Å². The molecule has 0 radical (unpaired) electrons. The van der Waals surface area contributed by atoms with E-state index in [-0.39, 0.29) is 0 Å². The van der Waals surface area contributed by atoms with E-state index in [2.05, 4.69) is 6.07 Å². The van der Waals surface area contributed by atoms with Gasteiger partial charge in [0.2, 0.25) is 0 Å². The molecule has 0 spiro atoms. The summed E-state index contributed by atoms with van der Waals surface area (Å²) in [4.78, 5) is 0. The van der Waals surface area contributed by atoms with Gasteiger partial charge in [0.25, 0.3) is 0 Å². The molecule has 0 aromatic heterocycles. The standard InChI is InChI=1S/C13H20ClNO/c1-16-7-3-5-12(10-15)8-11-4-2-6-13(14)9-11/h2,4,6,9,12H,3,5,7-8,10,15H2,1H3. The zero-order valence-corrected chi connectivity index (χ0v) is 10.5. The van der Waals surface area contributed by atoms with E-state index in [9.17, 15) is 0 Å². The lowest BCUT2D eigenvalue weighted by Gasteiger charge is -2.14. The van der Waals surface area contributed by atoms with Crippen molar-refractivity contribution in [3.05, 3.63) is 34.9 Å². The number of hydrogen-bond acceptors (Lipinski definition) is 2. The van der Waals surface area contributed by atoms with Crippen LogP contribution in [0.5, 0.6) is 0 Å². The first kappa shape index (κ1) is 13.5. The smallest absolute Gasteiger partial charge is 0.0462 e. The highest BCUT2D eigenvalue weighted by molar-refractivity contribution is 6.30. The molecule has 0 aliphatic rings. The summed E-state index contributed by atoms with van der Waals surface area (Å²) in [5.74, 6) is 0.522. The maximum Gasteiger partial charge on any atom is 0.0462 e. The highest BCUT2D eigenvalue weighted by Crippen LogP contribution is 2.16. The number of benzene rings is 1. The van der Waals surface area contributed by atoms with Crippen molar-refractivity contribution < 1.29 is 4.74 Å². The van der Waals surface area contributed by atoms with Crippen LogP contribution in [0.1, 0.15) is 18.4 Å². The van der Waals surface area contributed by atoms with E-state index in [1.807, 2.05) is 18.2 Å². The second-order valence-electron chi connectivity index (χ2n) is 4.07. The summed E-state index contributed by atoms with van der Waals surface area (Å²) in [6.07, 6.45) is 3.18. The Balaban J connectivity index is 2.43. The summed E-state index contributed by atoms with van der Waals surface area (Å²) in [6, 6.07) is 8.00. The third-order valence-corrected chi connectivity index (χ3v) is 2.94. The molecule has 0 fully saturated rings. The molecule has 1 rings (SSSR count). The molecule has 1 aromatic carbocycles. The average molecular weight is 242 g/mol. The van der Waals surface area contributed by atoms with Crippen LogP contribution in [0.4, 0.5) is 0 Å². The van der Waals surface area contributed by atoms with E-state index in [0.717, 1.165) is 37.4 Å². The Morgan fingerprint density at radius 2 is 2.25 bits per heavy atom. The first-order valence-electron chi connectivity index (χ1n) is 5.69. The molecular formula is C13H20ClNO. The highest BCUT2D eigenvalue weighted by atomic mass is 35.5. The van der Waals surface area contributed by atoms with Gasteiger partial charge < -0.3 is 10.5 Å². The van der Waals surface area contributed by atoms with Gasteiger partial charge in [-0.15, -0.1) is 0 Å². The number of methoxy groups -OCH3 is 1. The van der Waals surface area contributed by atoms with E-state index < -0.39 is 0 Å². The van der Waals surface area contributed by atoms with E-state index in [1.54, 1.807) is 7.11 Å². The van der Waals surface area contributed by atoms with E-state index in [4.69, 9.17) is 22.1 Å². The SMILES string of the molecule is COCCCC(CN)Cc1cccc(Cl)c1. The fourth-order valence-electron chi connectivity index (χ4n) is 1.82. The quantitative estimate of drug-likeness (QED) is 0.745. The lowest BCUT2D eigenvalue weighted by atomic mass is 9.95. The van der Waals surface area contributed by atoms with Gasteiger partial charge in [-0.05, 0) is 49.4 Å². The number of rotatable bonds is 7. The molecule has 2 N–H and O–H groups in total. The van der Waals surface area contributed by atoms with Crippen LogP contribution in [0, 0.1) is 5.92 Å². The minimum Gasteiger partial charge on any atom is -0.385 e. The maximum atomic E-state index is 5.95. The van der Waals surface area contributed by atoms with E-state index >= 15 is 0 Å². The normalized spacial score (nSPS) is 12.7. The predicted molar refractivity (Wildman–Crippen MR) is 68.8 cm³/mol. The van der Waals surface area contributed by atoms with Crippen molar-refractivity contribution in [2.75, 3.05) is 20.3 Å². The highest BCUT2D eigenvalue weighted by Gasteiger charge is 2.07. The third kappa shape index (κ3) is 4.97. The van der Waals surface area contributed by atoms with Crippen LogP contribution in [-0.2, 0) is 11.2 Å². The zero-order chi connectivity index (χ0) is 11.8. The third-order valence-electron chi connectivity index (χ3n) is 2.71. The van der Waals surface area contributed by atoms with Crippen molar-refractivity contribution in [3.8, 4) is 0 Å². The summed E-state index contributed by atoms with van der Waals surface area (Å²) in [6.45, 7) is 1.53. The van der Waals surface area contributed by atoms with Gasteiger partial charge in [0.05, 0.1) is 0 Å². The van der Waals surface area contributed by atoms with Gasteiger partial charge in [0, 0.05) is 18.7 Å². The molecule has 0 saturated heterocycles. The topological polar surface area (TPSA) is 35.2 Å². The van der Waals surface area contributed by atoms with Gasteiger partial charge >= 0.3 is 0 Å². The molecule has 0 heterocycles. The van der Waals surface area contributed by atoms with Crippen molar-refractivity contribution in [1.82, 2.24) is 0 Å². The first-order valence-corrected chi connectivity index (χ1v) is 6.07. The largest absolute Gasteiger partial charge is 0.385 e. The number of hydrogen-bond donors (Lipinski definition) is 1. The molecule has 0 saturated carbocycles. The molecule has 1 aromatic rings. The van der Waals surface area contributed by atoms with Gasteiger partial charge in [-0.1, -0.05) is 23.7 Å². The van der Waals surface area contributed by atoms with Gasteiger partial charge in [0.1, 0.15) is 0 Å². The predicted octanol–water partition coefficient (Wildman–Crippen LogP) is 2.88. The molecule has 1 unspecified atom stereocenters. The number of nitrogens with two attached hydrogens (primary N) is 1. The van der Waals surface area contributed by atoms with Crippen LogP contribution < -0.4 is 5.73 Å². The molecular weight excluding hydrogens is 222 g/mol. The number of halogens is 1. The Morgan fingerprint density at radius 1 is 1.44 bits per heavy atom. The lowest BCUT2D eigenvalue weighted by Crippen LogP contribution is -2.17. The lowest BCUT2D eigenvalue weighted by molar-refractivity contribution is 0.187. The number of ether oxygens (including phenoxy) is 1. The Hall–Kier alpha value is -0.570. The van der Waals surface area contributed by atoms with Crippen molar-refractivity contribution >= 4 is 11.6 Å². The van der Waals surface area contributed by atoms with Crippen LogP contribution in [0.2, 0.25) is 5.02 Å². The zero-order valence-electron chi connectivity index (χ0n) is 9.79. The van der Waals surface area contributed by atoms with E-state index in [1.165, 1.54) is 5.56 Å². The maximum absolute atomic E-state index is 5.95. The Labute approximate surface area is 103 Å². The molecule has 0 amide bonds. The molecule has 0 aliphatic carbocycles. The Morgan fingerprint density at radius 3 is 2.88 bits per heavy atom. The minimum absolute atomic E-state index is 0.522. The first-order chi connectivity index (χ1) is 7.76. The second kappa shape index (κ2) is 7.66. The molecule has 0 aliphatic heterocycles. The molecule has 1 atom stereocenters. The van der Waals surface area contributed by atoms with Crippen molar-refractivity contribution in [2.45, 2.75) is 19.3 Å². The second-order valence-corrected chi connectivity index (χ2v) is 4.51. The average Bonchev–Trinajstić information content (AvgIpc) is 2.28. The van der Waals surface area contributed by atoms with Crippen LogP contribution in [0.25, 0.3) is 0 Å². The fourth-order valence-corrected chi connectivity index (χ4v) is 2.03. The van der Waals surface area contributed by atoms with Crippen LogP contribution in [-0.4, -0.2) is 20.3 Å². The Kier molecular flexibility index (Phi) is 6.46. The van der Waals surface area contributed by atoms with Gasteiger partial charge in [-0.3, -0.25) is 0 Å². The van der Waals surface area contributed by atoms with Crippen LogP contribution in [0.3, 0.4) is 0 Å². The van der Waals surface area contributed by atoms with Gasteiger partial charge in [-0.25, -0.2) is 0 Å². The fraction of sp³-hybridized carbons (Fsp3) is 0.538. The molecule has 16 heavy (non-hydrogen) atoms. The van der Waals surface area contributed by atoms with Gasteiger partial charge in [-0.2, -0.15) is 0 Å². The summed E-state index contributed by atoms with van der Waals surface area (Å²) >= 11 is 5.95. The van der Waals surface area contributed by atoms with Gasteiger partial charge in [0.15, 0.2) is 0 Å². The van der Waals surface area contributed by atoms with Crippen molar-refractivity contribution in [2.24, 2.45) is 11.7 Å². The summed E-state index contributed by atoms with van der Waals surface area (Å²) in [5.41, 5.74) is 7.03. The van der Waals surface area contributed by atoms with Crippen LogP contribution in [0.15, 0.2) is 24.3 Å².